The molecular formula is C17H25NO6. The van der Waals surface area contributed by atoms with Crippen LogP contribution in [-0.4, -0.2) is 55.7 Å². The number of rotatable bonds is 3. The van der Waals surface area contributed by atoms with Crippen molar-refractivity contribution in [3.63, 3.8) is 0 Å². The molecule has 1 aromatic rings. The summed E-state index contributed by atoms with van der Waals surface area (Å²) in [5.74, 6) is -1.09. The van der Waals surface area contributed by atoms with E-state index in [0.29, 0.717) is 5.69 Å². The second-order valence-corrected chi connectivity index (χ2v) is 6.02. The fourth-order valence-corrected chi connectivity index (χ4v) is 1.76. The molecule has 0 saturated carbocycles. The molecule has 24 heavy (non-hydrogen) atoms. The van der Waals surface area contributed by atoms with Gasteiger partial charge in [0, 0.05) is 5.69 Å². The van der Waals surface area contributed by atoms with Gasteiger partial charge in [-0.05, 0) is 32.9 Å². The molecule has 7 heteroatoms. The van der Waals surface area contributed by atoms with Crippen LogP contribution >= 0.6 is 0 Å². The molecule has 0 aromatic heterocycles. The van der Waals surface area contributed by atoms with Gasteiger partial charge in [0.2, 0.25) is 0 Å². The minimum Gasteiger partial charge on any atom is -0.480 e. The van der Waals surface area contributed by atoms with Gasteiger partial charge in [-0.2, -0.15) is 0 Å². The number of carboxylic acid groups (broad SMARTS) is 1. The SMILES string of the molecule is C1COCCO1.CC(C)(C)OC(=O)N(CC(=O)O)c1ccccc1. The van der Waals surface area contributed by atoms with Crippen molar-refractivity contribution in [2.24, 2.45) is 0 Å². The molecule has 0 bridgehead atoms. The molecule has 0 radical (unpaired) electrons. The number of anilines is 1. The number of amides is 1. The van der Waals surface area contributed by atoms with Crippen LogP contribution in [0.1, 0.15) is 20.8 Å². The van der Waals surface area contributed by atoms with Gasteiger partial charge in [0.25, 0.3) is 0 Å². The van der Waals surface area contributed by atoms with Gasteiger partial charge < -0.3 is 19.3 Å². The summed E-state index contributed by atoms with van der Waals surface area (Å²) in [6.07, 6.45) is -0.670. The number of ether oxygens (including phenoxy) is 3. The first-order chi connectivity index (χ1) is 11.3. The minimum atomic E-state index is -1.09. The van der Waals surface area contributed by atoms with Gasteiger partial charge in [0.1, 0.15) is 12.1 Å². The largest absolute Gasteiger partial charge is 0.480 e. The van der Waals surface area contributed by atoms with E-state index in [1.165, 1.54) is 0 Å². The van der Waals surface area contributed by atoms with Crippen molar-refractivity contribution >= 4 is 17.7 Å². The summed E-state index contributed by atoms with van der Waals surface area (Å²) in [5.41, 5.74) is -0.169. The fraction of sp³-hybridized carbons (Fsp3) is 0.529. The number of hydrogen-bond donors (Lipinski definition) is 1. The Morgan fingerprint density at radius 2 is 1.58 bits per heavy atom. The van der Waals surface area contributed by atoms with E-state index < -0.39 is 24.2 Å². The standard InChI is InChI=1S/C13H17NO4.C4H8O2/c1-13(2,3)18-12(17)14(9-11(15)16)10-7-5-4-6-8-10;1-2-6-4-3-5-1/h4-8H,9H2,1-3H3,(H,15,16);1-4H2. The maximum atomic E-state index is 11.9. The molecule has 1 amide bonds. The van der Waals surface area contributed by atoms with E-state index in [0.717, 1.165) is 31.3 Å². The van der Waals surface area contributed by atoms with E-state index in [4.69, 9.17) is 19.3 Å². The van der Waals surface area contributed by atoms with Gasteiger partial charge in [0.15, 0.2) is 0 Å². The Hall–Kier alpha value is -2.12. The highest BCUT2D eigenvalue weighted by Crippen LogP contribution is 2.17. The van der Waals surface area contributed by atoms with Crippen molar-refractivity contribution in [1.29, 1.82) is 0 Å². The van der Waals surface area contributed by atoms with E-state index in [1.807, 2.05) is 0 Å². The van der Waals surface area contributed by atoms with Crippen molar-refractivity contribution in [2.45, 2.75) is 26.4 Å². The molecule has 0 spiro atoms. The molecule has 0 unspecified atom stereocenters. The van der Waals surface area contributed by atoms with E-state index in [2.05, 4.69) is 0 Å². The topological polar surface area (TPSA) is 85.3 Å². The van der Waals surface area contributed by atoms with Crippen molar-refractivity contribution in [3.05, 3.63) is 30.3 Å². The molecule has 1 N–H and O–H groups in total. The molecule has 2 rings (SSSR count). The van der Waals surface area contributed by atoms with Gasteiger partial charge in [-0.15, -0.1) is 0 Å². The Bertz CT molecular complexity index is 496. The number of carbonyl (C=O) groups is 2. The van der Waals surface area contributed by atoms with Crippen LogP contribution in [0.15, 0.2) is 30.3 Å². The predicted octanol–water partition coefficient (Wildman–Crippen LogP) is 2.55. The summed E-state index contributed by atoms with van der Waals surface area (Å²) in [5, 5.41) is 8.84. The summed E-state index contributed by atoms with van der Waals surface area (Å²) in [4.78, 5) is 23.8. The number of carboxylic acids is 1. The lowest BCUT2D eigenvalue weighted by molar-refractivity contribution is -0.135. The van der Waals surface area contributed by atoms with Crippen LogP contribution in [-0.2, 0) is 19.0 Å². The molecule has 1 fully saturated rings. The highest BCUT2D eigenvalue weighted by molar-refractivity contribution is 5.93. The third-order valence-electron chi connectivity index (χ3n) is 2.72. The number of hydrogen-bond acceptors (Lipinski definition) is 5. The van der Waals surface area contributed by atoms with Gasteiger partial charge in [-0.1, -0.05) is 18.2 Å². The lowest BCUT2D eigenvalue weighted by Gasteiger charge is -2.26. The van der Waals surface area contributed by atoms with Gasteiger partial charge in [-0.25, -0.2) is 4.79 Å². The summed E-state index contributed by atoms with van der Waals surface area (Å²) in [6, 6.07) is 8.57. The molecular weight excluding hydrogens is 314 g/mol. The highest BCUT2D eigenvalue weighted by Gasteiger charge is 2.24. The van der Waals surface area contributed by atoms with Crippen LogP contribution in [0.3, 0.4) is 0 Å². The van der Waals surface area contributed by atoms with E-state index in [9.17, 15) is 9.59 Å². The number of carbonyl (C=O) groups excluding carboxylic acids is 1. The normalized spacial score (nSPS) is 14.1. The van der Waals surface area contributed by atoms with E-state index in [1.54, 1.807) is 51.1 Å². The molecule has 1 saturated heterocycles. The van der Waals surface area contributed by atoms with Gasteiger partial charge in [0.05, 0.1) is 26.4 Å². The minimum absolute atomic E-state index is 0.432. The van der Waals surface area contributed by atoms with Crippen molar-refractivity contribution in [3.8, 4) is 0 Å². The zero-order valence-corrected chi connectivity index (χ0v) is 14.4. The van der Waals surface area contributed by atoms with Crippen molar-refractivity contribution in [2.75, 3.05) is 37.9 Å². The quantitative estimate of drug-likeness (QED) is 0.911. The number of benzene rings is 1. The second-order valence-electron chi connectivity index (χ2n) is 6.02. The Balaban J connectivity index is 0.000000400. The maximum absolute atomic E-state index is 11.9. The Morgan fingerprint density at radius 3 is 1.96 bits per heavy atom. The number of nitrogens with zero attached hydrogens (tertiary/aromatic N) is 1. The van der Waals surface area contributed by atoms with Crippen LogP contribution in [0.5, 0.6) is 0 Å². The molecule has 0 aliphatic carbocycles. The summed E-state index contributed by atoms with van der Waals surface area (Å²) < 4.78 is 15.1. The fourth-order valence-electron chi connectivity index (χ4n) is 1.76. The van der Waals surface area contributed by atoms with Crippen LogP contribution in [0.2, 0.25) is 0 Å². The predicted molar refractivity (Wildman–Crippen MR) is 89.3 cm³/mol. The average Bonchev–Trinajstić information content (AvgIpc) is 2.54. The van der Waals surface area contributed by atoms with Gasteiger partial charge >= 0.3 is 12.1 Å². The monoisotopic (exact) mass is 339 g/mol. The first kappa shape index (κ1) is 19.9. The first-order valence-corrected chi connectivity index (χ1v) is 7.72. The first-order valence-electron chi connectivity index (χ1n) is 7.72. The van der Waals surface area contributed by atoms with Gasteiger partial charge in [-0.3, -0.25) is 9.69 Å². The molecule has 1 aromatic carbocycles. The van der Waals surface area contributed by atoms with Crippen LogP contribution in [0.25, 0.3) is 0 Å². The smallest absolute Gasteiger partial charge is 0.415 e. The molecule has 7 nitrogen and oxygen atoms in total. The van der Waals surface area contributed by atoms with Crippen LogP contribution < -0.4 is 4.90 Å². The van der Waals surface area contributed by atoms with E-state index >= 15 is 0 Å². The Kier molecular flexibility index (Phi) is 8.21. The summed E-state index contributed by atoms with van der Waals surface area (Å²) >= 11 is 0. The molecule has 0 atom stereocenters. The molecule has 1 heterocycles. The Labute approximate surface area is 142 Å². The molecule has 134 valence electrons. The van der Waals surface area contributed by atoms with Crippen LogP contribution in [0, 0.1) is 0 Å². The molecule has 1 aliphatic heterocycles. The lowest BCUT2D eigenvalue weighted by Crippen LogP contribution is -2.39. The number of aliphatic carboxylic acids is 1. The average molecular weight is 339 g/mol. The lowest BCUT2D eigenvalue weighted by atomic mass is 10.2. The van der Waals surface area contributed by atoms with E-state index in [-0.39, 0.29) is 0 Å². The van der Waals surface area contributed by atoms with Crippen LogP contribution in [0.4, 0.5) is 10.5 Å². The van der Waals surface area contributed by atoms with Crippen molar-refractivity contribution < 1.29 is 28.9 Å². The number of para-hydroxylation sites is 1. The Morgan fingerprint density at radius 1 is 1.08 bits per heavy atom. The maximum Gasteiger partial charge on any atom is 0.415 e. The zero-order valence-electron chi connectivity index (χ0n) is 14.4. The molecule has 1 aliphatic rings. The second kappa shape index (κ2) is 9.89. The zero-order chi connectivity index (χ0) is 18.0. The summed E-state index contributed by atoms with van der Waals surface area (Å²) in [6.45, 7) is 7.87. The highest BCUT2D eigenvalue weighted by atomic mass is 16.6. The summed E-state index contributed by atoms with van der Waals surface area (Å²) in [7, 11) is 0. The third kappa shape index (κ3) is 8.50. The van der Waals surface area contributed by atoms with Crippen molar-refractivity contribution in [1.82, 2.24) is 0 Å². The third-order valence-corrected chi connectivity index (χ3v) is 2.72.